The predicted molar refractivity (Wildman–Crippen MR) is 107 cm³/mol. The highest BCUT2D eigenvalue weighted by molar-refractivity contribution is 6.05. The number of benzene rings is 2. The van der Waals surface area contributed by atoms with Gasteiger partial charge in [0.05, 0.1) is 19.3 Å². The van der Waals surface area contributed by atoms with E-state index >= 15 is 0 Å². The highest BCUT2D eigenvalue weighted by Gasteiger charge is 2.16. The van der Waals surface area contributed by atoms with Crippen LogP contribution in [0.2, 0.25) is 0 Å². The first kappa shape index (κ1) is 21.9. The fraction of sp³-hybridized carbons (Fsp3) is 0.318. The average Bonchev–Trinajstić information content (AvgIpc) is 2.72. The van der Waals surface area contributed by atoms with E-state index in [4.69, 9.17) is 14.2 Å². The summed E-state index contributed by atoms with van der Waals surface area (Å²) in [6, 6.07) is 12.9. The molecule has 0 spiro atoms. The molecule has 7 heteroatoms. The van der Waals surface area contributed by atoms with E-state index in [0.717, 1.165) is 6.42 Å². The molecular formula is C22H25NO6. The van der Waals surface area contributed by atoms with Gasteiger partial charge in [0.25, 0.3) is 11.8 Å². The standard InChI is InChI=1S/C22H25NO6/c1-15(2)11-12-28-18-10-9-17(13-19(18)27-3)22(26)29-14-20(24)23-21(25)16-7-5-4-6-8-16/h4-10,13,15H,11-12,14H2,1-3H3,(H,23,24,25). The normalized spacial score (nSPS) is 10.3. The maximum atomic E-state index is 12.2. The second-order valence-corrected chi connectivity index (χ2v) is 6.72. The highest BCUT2D eigenvalue weighted by atomic mass is 16.5. The van der Waals surface area contributed by atoms with Crippen molar-refractivity contribution in [1.82, 2.24) is 5.32 Å². The molecule has 0 bridgehead atoms. The van der Waals surface area contributed by atoms with Crippen molar-refractivity contribution in [2.45, 2.75) is 20.3 Å². The number of carbonyl (C=O) groups excluding carboxylic acids is 3. The van der Waals surface area contributed by atoms with Gasteiger partial charge < -0.3 is 14.2 Å². The zero-order valence-electron chi connectivity index (χ0n) is 16.8. The van der Waals surface area contributed by atoms with Gasteiger partial charge in [-0.1, -0.05) is 32.0 Å². The minimum absolute atomic E-state index is 0.209. The molecule has 0 aliphatic carbocycles. The summed E-state index contributed by atoms with van der Waals surface area (Å²) in [6.45, 7) is 4.16. The molecule has 2 amide bonds. The Labute approximate surface area is 170 Å². The van der Waals surface area contributed by atoms with E-state index in [1.807, 2.05) is 0 Å². The smallest absolute Gasteiger partial charge is 0.338 e. The van der Waals surface area contributed by atoms with E-state index in [9.17, 15) is 14.4 Å². The van der Waals surface area contributed by atoms with Gasteiger partial charge in [-0.25, -0.2) is 4.79 Å². The van der Waals surface area contributed by atoms with E-state index in [2.05, 4.69) is 19.2 Å². The first-order valence-corrected chi connectivity index (χ1v) is 9.28. The van der Waals surface area contributed by atoms with Gasteiger partial charge in [-0.15, -0.1) is 0 Å². The van der Waals surface area contributed by atoms with Crippen LogP contribution in [-0.4, -0.2) is 38.1 Å². The van der Waals surface area contributed by atoms with Crippen molar-refractivity contribution in [3.63, 3.8) is 0 Å². The zero-order valence-corrected chi connectivity index (χ0v) is 16.8. The molecule has 2 aromatic carbocycles. The zero-order chi connectivity index (χ0) is 21.2. The van der Waals surface area contributed by atoms with Crippen LogP contribution in [0.3, 0.4) is 0 Å². The van der Waals surface area contributed by atoms with Crippen molar-refractivity contribution in [3.05, 3.63) is 59.7 Å². The molecule has 29 heavy (non-hydrogen) atoms. The summed E-state index contributed by atoms with van der Waals surface area (Å²) in [7, 11) is 1.47. The molecular weight excluding hydrogens is 374 g/mol. The maximum absolute atomic E-state index is 12.2. The van der Waals surface area contributed by atoms with Crippen molar-refractivity contribution in [1.29, 1.82) is 0 Å². The van der Waals surface area contributed by atoms with Crippen LogP contribution in [0.4, 0.5) is 0 Å². The topological polar surface area (TPSA) is 90.9 Å². The quantitative estimate of drug-likeness (QED) is 0.651. The number of methoxy groups -OCH3 is 1. The van der Waals surface area contributed by atoms with Crippen LogP contribution in [0.5, 0.6) is 11.5 Å². The minimum atomic E-state index is -0.715. The van der Waals surface area contributed by atoms with Gasteiger partial charge in [0.1, 0.15) is 0 Å². The van der Waals surface area contributed by atoms with Crippen LogP contribution in [0.15, 0.2) is 48.5 Å². The number of imide groups is 1. The molecule has 1 N–H and O–H groups in total. The summed E-state index contributed by atoms with van der Waals surface area (Å²) in [5, 5.41) is 2.17. The first-order valence-electron chi connectivity index (χ1n) is 9.28. The molecule has 7 nitrogen and oxygen atoms in total. The molecule has 0 radical (unpaired) electrons. The molecule has 0 saturated carbocycles. The number of nitrogens with one attached hydrogen (secondary N) is 1. The molecule has 2 aromatic rings. The Morgan fingerprint density at radius 1 is 0.966 bits per heavy atom. The Kier molecular flexibility index (Phi) is 8.21. The molecule has 0 unspecified atom stereocenters. The van der Waals surface area contributed by atoms with E-state index in [1.54, 1.807) is 36.4 Å². The summed E-state index contributed by atoms with van der Waals surface area (Å²) < 4.78 is 15.9. The lowest BCUT2D eigenvalue weighted by atomic mass is 10.1. The lowest BCUT2D eigenvalue weighted by Crippen LogP contribution is -2.34. The van der Waals surface area contributed by atoms with Crippen LogP contribution in [0.1, 0.15) is 41.0 Å². The van der Waals surface area contributed by atoms with Crippen molar-refractivity contribution < 1.29 is 28.6 Å². The third-order valence-electron chi connectivity index (χ3n) is 3.98. The molecule has 0 aliphatic heterocycles. The molecule has 0 fully saturated rings. The number of amides is 2. The van der Waals surface area contributed by atoms with Gasteiger partial charge in [-0.2, -0.15) is 0 Å². The summed E-state index contributed by atoms with van der Waals surface area (Å²) >= 11 is 0. The first-order chi connectivity index (χ1) is 13.9. The highest BCUT2D eigenvalue weighted by Crippen LogP contribution is 2.28. The summed E-state index contributed by atoms with van der Waals surface area (Å²) in [5.74, 6) is -0.554. The van der Waals surface area contributed by atoms with Crippen LogP contribution < -0.4 is 14.8 Å². The third kappa shape index (κ3) is 6.95. The van der Waals surface area contributed by atoms with Crippen LogP contribution in [0.25, 0.3) is 0 Å². The Morgan fingerprint density at radius 3 is 2.34 bits per heavy atom. The lowest BCUT2D eigenvalue weighted by Gasteiger charge is -2.13. The monoisotopic (exact) mass is 399 g/mol. The molecule has 0 aliphatic rings. The lowest BCUT2D eigenvalue weighted by molar-refractivity contribution is -0.123. The second kappa shape index (κ2) is 10.8. The number of hydrogen-bond acceptors (Lipinski definition) is 6. The SMILES string of the molecule is COc1cc(C(=O)OCC(=O)NC(=O)c2ccccc2)ccc1OCCC(C)C. The number of rotatable bonds is 9. The van der Waals surface area contributed by atoms with Gasteiger partial charge >= 0.3 is 5.97 Å². The molecule has 0 saturated heterocycles. The van der Waals surface area contributed by atoms with Crippen molar-refractivity contribution in [2.75, 3.05) is 20.3 Å². The van der Waals surface area contributed by atoms with Crippen molar-refractivity contribution >= 4 is 17.8 Å². The maximum Gasteiger partial charge on any atom is 0.338 e. The molecule has 0 heterocycles. The van der Waals surface area contributed by atoms with E-state index in [0.29, 0.717) is 29.6 Å². The Hall–Kier alpha value is -3.35. The third-order valence-corrected chi connectivity index (χ3v) is 3.98. The fourth-order valence-electron chi connectivity index (χ4n) is 2.36. The number of ether oxygens (including phenoxy) is 3. The fourth-order valence-corrected chi connectivity index (χ4v) is 2.36. The number of esters is 1. The summed E-state index contributed by atoms with van der Waals surface area (Å²) in [6.07, 6.45) is 0.893. The van der Waals surface area contributed by atoms with Gasteiger partial charge in [-0.3, -0.25) is 14.9 Å². The Balaban J connectivity index is 1.89. The second-order valence-electron chi connectivity index (χ2n) is 6.72. The Bertz CT molecular complexity index is 848. The number of hydrogen-bond donors (Lipinski definition) is 1. The Morgan fingerprint density at radius 2 is 1.69 bits per heavy atom. The summed E-state index contributed by atoms with van der Waals surface area (Å²) in [5.41, 5.74) is 0.546. The van der Waals surface area contributed by atoms with Crippen LogP contribution in [0, 0.1) is 5.92 Å². The van der Waals surface area contributed by atoms with Gasteiger partial charge in [0.15, 0.2) is 18.1 Å². The van der Waals surface area contributed by atoms with Gasteiger partial charge in [-0.05, 0) is 42.7 Å². The van der Waals surface area contributed by atoms with Gasteiger partial charge in [0.2, 0.25) is 0 Å². The number of carbonyl (C=O) groups is 3. The van der Waals surface area contributed by atoms with Crippen LogP contribution in [-0.2, 0) is 9.53 Å². The predicted octanol–water partition coefficient (Wildman–Crippen LogP) is 3.23. The molecule has 154 valence electrons. The molecule has 2 rings (SSSR count). The molecule has 0 atom stereocenters. The summed E-state index contributed by atoms with van der Waals surface area (Å²) in [4.78, 5) is 36.0. The van der Waals surface area contributed by atoms with Crippen LogP contribution >= 0.6 is 0 Å². The van der Waals surface area contributed by atoms with Crippen molar-refractivity contribution in [2.24, 2.45) is 5.92 Å². The largest absolute Gasteiger partial charge is 0.493 e. The van der Waals surface area contributed by atoms with E-state index in [-0.39, 0.29) is 5.56 Å². The van der Waals surface area contributed by atoms with E-state index < -0.39 is 24.4 Å². The van der Waals surface area contributed by atoms with Crippen molar-refractivity contribution in [3.8, 4) is 11.5 Å². The minimum Gasteiger partial charge on any atom is -0.493 e. The van der Waals surface area contributed by atoms with Gasteiger partial charge in [0, 0.05) is 5.56 Å². The molecule has 0 aromatic heterocycles. The van der Waals surface area contributed by atoms with E-state index in [1.165, 1.54) is 19.2 Å². The average molecular weight is 399 g/mol.